The van der Waals surface area contributed by atoms with Crippen LogP contribution in [0.2, 0.25) is 0 Å². The first-order valence-corrected chi connectivity index (χ1v) is 9.11. The van der Waals surface area contributed by atoms with Crippen LogP contribution in [-0.4, -0.2) is 17.7 Å². The van der Waals surface area contributed by atoms with Crippen molar-refractivity contribution in [3.63, 3.8) is 0 Å². The van der Waals surface area contributed by atoms with Gasteiger partial charge in [-0.2, -0.15) is 0 Å². The average molecular weight is 352 g/mol. The number of carbonyl (C=O) groups is 1. The molecule has 1 aliphatic heterocycles. The molecule has 5 heteroatoms. The molecule has 1 saturated heterocycles. The molecule has 2 aromatic rings. The van der Waals surface area contributed by atoms with Gasteiger partial charge in [0, 0.05) is 0 Å². The number of benzene rings is 2. The topological polar surface area (TPSA) is 50.7 Å². The minimum atomic E-state index is -0.116. The average Bonchev–Trinajstić information content (AvgIpc) is 2.97. The molecule has 1 fully saturated rings. The predicted octanol–water partition coefficient (Wildman–Crippen LogP) is 4.54. The lowest BCUT2D eigenvalue weighted by Crippen LogP contribution is -2.19. The van der Waals surface area contributed by atoms with Gasteiger partial charge in [0.05, 0.1) is 17.2 Å². The highest BCUT2D eigenvalue weighted by Gasteiger charge is 2.23. The van der Waals surface area contributed by atoms with E-state index in [1.807, 2.05) is 49.4 Å². The van der Waals surface area contributed by atoms with Gasteiger partial charge in [-0.25, -0.2) is 4.99 Å². The number of nitrogens with zero attached hydrogens (tertiary/aromatic N) is 1. The Morgan fingerprint density at radius 3 is 2.44 bits per heavy atom. The lowest BCUT2D eigenvalue weighted by atomic mass is 10.1. The third-order valence-electron chi connectivity index (χ3n) is 3.71. The Hall–Kier alpha value is -2.53. The van der Waals surface area contributed by atoms with Crippen LogP contribution in [0, 0.1) is 0 Å². The van der Waals surface area contributed by atoms with E-state index in [0.717, 1.165) is 23.4 Å². The zero-order valence-corrected chi connectivity index (χ0v) is 15.1. The molecule has 0 unspecified atom stereocenters. The number of amides is 1. The number of rotatable bonds is 5. The van der Waals surface area contributed by atoms with Gasteiger partial charge in [0.1, 0.15) is 5.75 Å². The van der Waals surface area contributed by atoms with Crippen molar-refractivity contribution >= 4 is 34.6 Å². The number of thioether (sulfide) groups is 1. The van der Waals surface area contributed by atoms with E-state index < -0.39 is 0 Å². The van der Waals surface area contributed by atoms with Crippen LogP contribution >= 0.6 is 11.8 Å². The second-order valence-corrected chi connectivity index (χ2v) is 6.53. The fourth-order valence-corrected chi connectivity index (χ4v) is 3.22. The van der Waals surface area contributed by atoms with Gasteiger partial charge in [-0.05, 0) is 66.6 Å². The van der Waals surface area contributed by atoms with Crippen LogP contribution in [0.5, 0.6) is 5.75 Å². The van der Waals surface area contributed by atoms with Crippen molar-refractivity contribution in [2.45, 2.75) is 20.3 Å². The number of amidine groups is 1. The van der Waals surface area contributed by atoms with Gasteiger partial charge >= 0.3 is 0 Å². The van der Waals surface area contributed by atoms with Crippen LogP contribution < -0.4 is 10.1 Å². The highest BCUT2D eigenvalue weighted by molar-refractivity contribution is 8.18. The summed E-state index contributed by atoms with van der Waals surface area (Å²) in [6, 6.07) is 15.7. The Morgan fingerprint density at radius 2 is 1.80 bits per heavy atom. The summed E-state index contributed by atoms with van der Waals surface area (Å²) in [6.07, 6.45) is 2.89. The van der Waals surface area contributed by atoms with Crippen molar-refractivity contribution in [1.29, 1.82) is 0 Å². The Balaban J connectivity index is 1.73. The highest BCUT2D eigenvalue weighted by atomic mass is 32.2. The van der Waals surface area contributed by atoms with Crippen LogP contribution in [0.3, 0.4) is 0 Å². The Kier molecular flexibility index (Phi) is 5.56. The normalized spacial score (nSPS) is 17.1. The molecule has 4 nitrogen and oxygen atoms in total. The lowest BCUT2D eigenvalue weighted by Gasteiger charge is -2.02. The smallest absolute Gasteiger partial charge is 0.264 e. The molecule has 0 saturated carbocycles. The second kappa shape index (κ2) is 8.03. The maximum Gasteiger partial charge on any atom is 0.264 e. The van der Waals surface area contributed by atoms with Crippen LogP contribution in [0.25, 0.3) is 6.08 Å². The summed E-state index contributed by atoms with van der Waals surface area (Å²) in [4.78, 5) is 17.3. The third kappa shape index (κ3) is 4.51. The van der Waals surface area contributed by atoms with Crippen molar-refractivity contribution in [2.75, 3.05) is 6.61 Å². The number of hydrogen-bond acceptors (Lipinski definition) is 4. The molecule has 25 heavy (non-hydrogen) atoms. The lowest BCUT2D eigenvalue weighted by molar-refractivity contribution is -0.115. The van der Waals surface area contributed by atoms with Crippen molar-refractivity contribution in [3.05, 3.63) is 64.6 Å². The number of ether oxygens (including phenoxy) is 1. The van der Waals surface area contributed by atoms with E-state index >= 15 is 0 Å². The van der Waals surface area contributed by atoms with Gasteiger partial charge < -0.3 is 10.1 Å². The van der Waals surface area contributed by atoms with E-state index in [1.165, 1.54) is 17.3 Å². The summed E-state index contributed by atoms with van der Waals surface area (Å²) in [5, 5.41) is 3.40. The molecule has 1 N–H and O–H groups in total. The number of nitrogens with one attached hydrogen (secondary N) is 1. The van der Waals surface area contributed by atoms with E-state index in [9.17, 15) is 4.79 Å². The van der Waals surface area contributed by atoms with Crippen molar-refractivity contribution in [2.24, 2.45) is 4.99 Å². The van der Waals surface area contributed by atoms with Gasteiger partial charge in [0.15, 0.2) is 5.17 Å². The van der Waals surface area contributed by atoms with E-state index in [2.05, 4.69) is 29.4 Å². The molecule has 1 amide bonds. The second-order valence-electron chi connectivity index (χ2n) is 5.50. The van der Waals surface area contributed by atoms with Crippen LogP contribution in [0.4, 0.5) is 5.69 Å². The zero-order valence-electron chi connectivity index (χ0n) is 14.3. The minimum absolute atomic E-state index is 0.116. The SMILES string of the molecule is CCOc1ccc(N=C2NC(=O)C(=Cc3ccc(CC)cc3)S2)cc1. The van der Waals surface area contributed by atoms with Gasteiger partial charge in [0.25, 0.3) is 5.91 Å². The summed E-state index contributed by atoms with van der Waals surface area (Å²) in [7, 11) is 0. The van der Waals surface area contributed by atoms with Crippen molar-refractivity contribution in [1.82, 2.24) is 5.32 Å². The summed E-state index contributed by atoms with van der Waals surface area (Å²) in [5.74, 6) is 0.694. The molecule has 0 aromatic heterocycles. The molecule has 0 spiro atoms. The maximum atomic E-state index is 12.1. The fourth-order valence-electron chi connectivity index (χ4n) is 2.38. The molecule has 1 heterocycles. The van der Waals surface area contributed by atoms with Gasteiger partial charge in [-0.1, -0.05) is 31.2 Å². The quantitative estimate of drug-likeness (QED) is 0.804. The number of aliphatic imine (C=N–C) groups is 1. The Morgan fingerprint density at radius 1 is 1.08 bits per heavy atom. The minimum Gasteiger partial charge on any atom is -0.494 e. The summed E-state index contributed by atoms with van der Waals surface area (Å²) in [6.45, 7) is 4.70. The Labute approximate surface area is 152 Å². The van der Waals surface area contributed by atoms with Crippen LogP contribution in [0.15, 0.2) is 58.4 Å². The monoisotopic (exact) mass is 352 g/mol. The molecule has 2 aromatic carbocycles. The van der Waals surface area contributed by atoms with E-state index in [1.54, 1.807) is 0 Å². The first kappa shape index (κ1) is 17.3. The summed E-state index contributed by atoms with van der Waals surface area (Å²) < 4.78 is 5.42. The van der Waals surface area contributed by atoms with E-state index in [4.69, 9.17) is 4.74 Å². The molecular weight excluding hydrogens is 332 g/mol. The number of hydrogen-bond donors (Lipinski definition) is 1. The van der Waals surface area contributed by atoms with Crippen molar-refractivity contribution < 1.29 is 9.53 Å². The van der Waals surface area contributed by atoms with Crippen LogP contribution in [-0.2, 0) is 11.2 Å². The molecule has 0 atom stereocenters. The predicted molar refractivity (Wildman–Crippen MR) is 104 cm³/mol. The Bertz CT molecular complexity index is 809. The molecular formula is C20H20N2O2S. The van der Waals surface area contributed by atoms with Gasteiger partial charge in [0.2, 0.25) is 0 Å². The zero-order chi connectivity index (χ0) is 17.6. The largest absolute Gasteiger partial charge is 0.494 e. The maximum absolute atomic E-state index is 12.1. The van der Waals surface area contributed by atoms with Crippen molar-refractivity contribution in [3.8, 4) is 5.75 Å². The van der Waals surface area contributed by atoms with E-state index in [0.29, 0.717) is 16.7 Å². The standard InChI is InChI=1S/C20H20N2O2S/c1-3-14-5-7-15(8-6-14)13-18-19(23)22-20(25-18)21-16-9-11-17(12-10-16)24-4-2/h5-13H,3-4H2,1-2H3,(H,21,22,23). The number of aryl methyl sites for hydroxylation is 1. The summed E-state index contributed by atoms with van der Waals surface area (Å²) in [5.41, 5.74) is 3.07. The fraction of sp³-hybridized carbons (Fsp3) is 0.200. The van der Waals surface area contributed by atoms with Gasteiger partial charge in [-0.15, -0.1) is 0 Å². The molecule has 0 bridgehead atoms. The first-order chi connectivity index (χ1) is 12.2. The molecule has 1 aliphatic rings. The van der Waals surface area contributed by atoms with Gasteiger partial charge in [-0.3, -0.25) is 4.79 Å². The number of carbonyl (C=O) groups excluding carboxylic acids is 1. The van der Waals surface area contributed by atoms with E-state index in [-0.39, 0.29) is 5.91 Å². The molecule has 0 radical (unpaired) electrons. The first-order valence-electron chi connectivity index (χ1n) is 8.29. The highest BCUT2D eigenvalue weighted by Crippen LogP contribution is 2.28. The third-order valence-corrected chi connectivity index (χ3v) is 4.62. The summed E-state index contributed by atoms with van der Waals surface area (Å²) >= 11 is 1.35. The molecule has 0 aliphatic carbocycles. The molecule has 3 rings (SSSR count). The van der Waals surface area contributed by atoms with Crippen LogP contribution in [0.1, 0.15) is 25.0 Å². The molecule has 128 valence electrons.